The molecule has 0 spiro atoms. The fraction of sp³-hybridized carbons (Fsp3) is 0.222. The molecule has 1 aliphatic heterocycles. The summed E-state index contributed by atoms with van der Waals surface area (Å²) in [7, 11) is 1.45. The lowest BCUT2D eigenvalue weighted by atomic mass is 9.59. The first-order valence-electron chi connectivity index (χ1n) is 14.6. The average Bonchev–Trinajstić information content (AvgIpc) is 3.29. The number of carbonyl (C=O) groups excluding carboxylic acids is 4. The van der Waals surface area contributed by atoms with Crippen LogP contribution in [0.5, 0.6) is 11.5 Å². The zero-order valence-electron chi connectivity index (χ0n) is 24.2. The number of ether oxygens (including phenoxy) is 1. The smallest absolute Gasteiger partial charge is 0.238 e. The standard InChI is InChI=1S/C36H30N2O6/c1-19-16-29(40)33-27(34(19)41)18-26-24(31(33)20-8-15-28(39)30(17-20)44-2)13-14-25-32(26)36(43)38(35(25)42)23-11-9-22(10-12-23)37-21-6-4-3-5-7-21/h3-13,15-17,25-26,31-32,37,39H,14,18H2,1-2H3. The number of aromatic hydroxyl groups is 1. The predicted octanol–water partition coefficient (Wildman–Crippen LogP) is 5.78. The van der Waals surface area contributed by atoms with Crippen LogP contribution in [0.15, 0.2) is 107 Å². The molecular weight excluding hydrogens is 556 g/mol. The second-order valence-electron chi connectivity index (χ2n) is 11.7. The number of nitrogens with one attached hydrogen (secondary N) is 1. The molecule has 0 bridgehead atoms. The Hall–Kier alpha value is -5.24. The van der Waals surface area contributed by atoms with Crippen molar-refractivity contribution in [3.8, 4) is 11.5 Å². The third-order valence-electron chi connectivity index (χ3n) is 9.29. The Morgan fingerprint density at radius 3 is 2.34 bits per heavy atom. The molecule has 1 fully saturated rings. The number of fused-ring (bicyclic) bond motifs is 3. The van der Waals surface area contributed by atoms with Crippen molar-refractivity contribution in [3.05, 3.63) is 113 Å². The van der Waals surface area contributed by atoms with Gasteiger partial charge in [-0.3, -0.25) is 24.1 Å². The highest BCUT2D eigenvalue weighted by Gasteiger charge is 2.56. The highest BCUT2D eigenvalue weighted by Crippen LogP contribution is 2.55. The molecule has 3 aromatic carbocycles. The lowest BCUT2D eigenvalue weighted by molar-refractivity contribution is -0.123. The molecule has 0 saturated carbocycles. The molecule has 7 rings (SSSR count). The molecule has 3 aromatic rings. The van der Waals surface area contributed by atoms with Crippen molar-refractivity contribution in [1.29, 1.82) is 0 Å². The largest absolute Gasteiger partial charge is 0.504 e. The zero-order chi connectivity index (χ0) is 30.7. The Bertz CT molecular complexity index is 1840. The molecule has 2 amide bonds. The molecule has 8 heteroatoms. The second kappa shape index (κ2) is 10.5. The van der Waals surface area contributed by atoms with Gasteiger partial charge < -0.3 is 15.2 Å². The van der Waals surface area contributed by atoms with Gasteiger partial charge in [0.1, 0.15) is 0 Å². The van der Waals surface area contributed by atoms with E-state index in [1.54, 1.807) is 31.2 Å². The number of Topliss-reactive ketones (excluding diaryl/α,β-unsaturated/α-hetero) is 1. The van der Waals surface area contributed by atoms with Crippen LogP contribution >= 0.6 is 0 Å². The van der Waals surface area contributed by atoms with Gasteiger partial charge in [0.2, 0.25) is 11.8 Å². The first kappa shape index (κ1) is 27.6. The Morgan fingerprint density at radius 2 is 1.61 bits per heavy atom. The van der Waals surface area contributed by atoms with Crippen molar-refractivity contribution in [2.75, 3.05) is 17.3 Å². The van der Waals surface area contributed by atoms with E-state index in [-0.39, 0.29) is 41.3 Å². The van der Waals surface area contributed by atoms with Crippen molar-refractivity contribution >= 4 is 40.4 Å². The first-order chi connectivity index (χ1) is 21.3. The lowest BCUT2D eigenvalue weighted by Crippen LogP contribution is -2.39. The molecule has 4 atom stereocenters. The maximum Gasteiger partial charge on any atom is 0.238 e. The fourth-order valence-corrected chi connectivity index (χ4v) is 7.27. The highest BCUT2D eigenvalue weighted by atomic mass is 16.5. The molecule has 3 aliphatic carbocycles. The number of methoxy groups -OCH3 is 1. The minimum atomic E-state index is -0.672. The summed E-state index contributed by atoms with van der Waals surface area (Å²) in [6, 6.07) is 21.8. The van der Waals surface area contributed by atoms with Crippen molar-refractivity contribution in [1.82, 2.24) is 0 Å². The van der Waals surface area contributed by atoms with E-state index in [1.165, 1.54) is 24.2 Å². The minimum absolute atomic E-state index is 0.0468. The molecule has 220 valence electrons. The number of phenolic OH excluding ortho intramolecular Hbond substituents is 1. The molecule has 4 unspecified atom stereocenters. The Labute approximate surface area is 254 Å². The van der Waals surface area contributed by atoms with Gasteiger partial charge in [-0.25, -0.2) is 0 Å². The summed E-state index contributed by atoms with van der Waals surface area (Å²) >= 11 is 0. The fourth-order valence-electron chi connectivity index (χ4n) is 7.27. The molecule has 44 heavy (non-hydrogen) atoms. The van der Waals surface area contributed by atoms with Crippen LogP contribution < -0.4 is 15.0 Å². The number of phenols is 1. The van der Waals surface area contributed by atoms with Crippen molar-refractivity contribution in [2.45, 2.75) is 25.7 Å². The van der Waals surface area contributed by atoms with Crippen molar-refractivity contribution in [3.63, 3.8) is 0 Å². The van der Waals surface area contributed by atoms with Gasteiger partial charge in [0, 0.05) is 34.0 Å². The Balaban J connectivity index is 1.26. The molecule has 0 radical (unpaired) electrons. The van der Waals surface area contributed by atoms with Gasteiger partial charge in [0.25, 0.3) is 0 Å². The van der Waals surface area contributed by atoms with Crippen LogP contribution in [-0.4, -0.2) is 35.6 Å². The van der Waals surface area contributed by atoms with Gasteiger partial charge in [-0.15, -0.1) is 0 Å². The topological polar surface area (TPSA) is 113 Å². The molecule has 1 heterocycles. The van der Waals surface area contributed by atoms with E-state index >= 15 is 0 Å². The van der Waals surface area contributed by atoms with Crippen LogP contribution in [0.25, 0.3) is 0 Å². The predicted molar refractivity (Wildman–Crippen MR) is 165 cm³/mol. The summed E-state index contributed by atoms with van der Waals surface area (Å²) in [5.74, 6) is -3.12. The van der Waals surface area contributed by atoms with E-state index in [0.717, 1.165) is 16.9 Å². The molecule has 0 aromatic heterocycles. The number of para-hydroxylation sites is 1. The van der Waals surface area contributed by atoms with Crippen LogP contribution in [0.4, 0.5) is 17.1 Å². The number of allylic oxidation sites excluding steroid dienone is 6. The van der Waals surface area contributed by atoms with E-state index < -0.39 is 23.7 Å². The number of carbonyl (C=O) groups is 4. The molecule has 1 saturated heterocycles. The van der Waals surface area contributed by atoms with E-state index in [1.807, 2.05) is 48.5 Å². The maximum atomic E-state index is 14.2. The minimum Gasteiger partial charge on any atom is -0.504 e. The van der Waals surface area contributed by atoms with Gasteiger partial charge in [-0.2, -0.15) is 0 Å². The summed E-state index contributed by atoms with van der Waals surface area (Å²) in [5, 5.41) is 13.6. The molecule has 4 aliphatic rings. The van der Waals surface area contributed by atoms with E-state index in [4.69, 9.17) is 4.74 Å². The van der Waals surface area contributed by atoms with Crippen LogP contribution in [-0.2, 0) is 19.2 Å². The number of imide groups is 1. The third-order valence-corrected chi connectivity index (χ3v) is 9.29. The molecule has 8 nitrogen and oxygen atoms in total. The van der Waals surface area contributed by atoms with Gasteiger partial charge in [-0.05, 0) is 85.9 Å². The Kier molecular flexibility index (Phi) is 6.57. The van der Waals surface area contributed by atoms with Crippen molar-refractivity contribution < 1.29 is 29.0 Å². The quantitative estimate of drug-likeness (QED) is 0.221. The number of amides is 2. The van der Waals surface area contributed by atoms with E-state index in [2.05, 4.69) is 5.32 Å². The SMILES string of the molecule is COc1cc(C2C3=CCC4C(=O)N(c5ccc(Nc6ccccc6)cc5)C(=O)C4C3CC3=C2C(=O)C=C(C)C3=O)ccc1O. The van der Waals surface area contributed by atoms with Gasteiger partial charge >= 0.3 is 0 Å². The zero-order valence-corrected chi connectivity index (χ0v) is 24.2. The number of benzene rings is 3. The highest BCUT2D eigenvalue weighted by molar-refractivity contribution is 6.25. The van der Waals surface area contributed by atoms with E-state index in [0.29, 0.717) is 34.4 Å². The maximum absolute atomic E-state index is 14.2. The summed E-state index contributed by atoms with van der Waals surface area (Å²) in [6.45, 7) is 1.62. The molecule has 2 N–H and O–H groups in total. The van der Waals surface area contributed by atoms with Crippen LogP contribution in [0.3, 0.4) is 0 Å². The lowest BCUT2D eigenvalue weighted by Gasteiger charge is -2.42. The Morgan fingerprint density at radius 1 is 0.886 bits per heavy atom. The summed E-state index contributed by atoms with van der Waals surface area (Å²) < 4.78 is 5.36. The van der Waals surface area contributed by atoms with Crippen LogP contribution in [0.1, 0.15) is 31.2 Å². The monoisotopic (exact) mass is 586 g/mol. The van der Waals surface area contributed by atoms with Crippen LogP contribution in [0.2, 0.25) is 0 Å². The number of hydrogen-bond donors (Lipinski definition) is 2. The average molecular weight is 587 g/mol. The number of hydrogen-bond acceptors (Lipinski definition) is 7. The summed E-state index contributed by atoms with van der Waals surface area (Å²) in [6.07, 6.45) is 3.90. The summed E-state index contributed by atoms with van der Waals surface area (Å²) in [4.78, 5) is 56.2. The van der Waals surface area contributed by atoms with Gasteiger partial charge in [-0.1, -0.05) is 35.9 Å². The van der Waals surface area contributed by atoms with E-state index in [9.17, 15) is 24.3 Å². The number of ketones is 2. The first-order valence-corrected chi connectivity index (χ1v) is 14.6. The normalized spacial score (nSPS) is 24.4. The molecular formula is C36H30N2O6. The summed E-state index contributed by atoms with van der Waals surface area (Å²) in [5.41, 5.74) is 4.90. The second-order valence-corrected chi connectivity index (χ2v) is 11.7. The van der Waals surface area contributed by atoms with Gasteiger partial charge in [0.15, 0.2) is 23.1 Å². The van der Waals surface area contributed by atoms with Gasteiger partial charge in [0.05, 0.1) is 24.6 Å². The third kappa shape index (κ3) is 4.28. The number of anilines is 3. The van der Waals surface area contributed by atoms with Crippen LogP contribution in [0, 0.1) is 17.8 Å². The number of nitrogens with zero attached hydrogens (tertiary/aromatic N) is 1. The number of rotatable bonds is 5. The van der Waals surface area contributed by atoms with Crippen molar-refractivity contribution in [2.24, 2.45) is 17.8 Å².